The zero-order chi connectivity index (χ0) is 9.97. The largest absolute Gasteiger partial charge is 0.474 e. The van der Waals surface area contributed by atoms with Crippen LogP contribution >= 0.6 is 11.9 Å². The summed E-state index contributed by atoms with van der Waals surface area (Å²) in [5, 5.41) is 9.63. The maximum Gasteiger partial charge on any atom is 0.227 e. The van der Waals surface area contributed by atoms with Crippen LogP contribution in [0.4, 0.5) is 0 Å². The number of nitrogens with two attached hydrogens (primary N) is 1. The zero-order valence-electron chi connectivity index (χ0n) is 7.97. The Morgan fingerprint density at radius 3 is 3.43 bits per heavy atom. The molecule has 5 nitrogen and oxygen atoms in total. The molecule has 0 radical (unpaired) electrons. The van der Waals surface area contributed by atoms with E-state index in [1.165, 1.54) is 0 Å². The van der Waals surface area contributed by atoms with Crippen molar-refractivity contribution in [1.82, 2.24) is 9.78 Å². The van der Waals surface area contributed by atoms with Crippen molar-refractivity contribution < 1.29 is 9.47 Å². The maximum absolute atomic E-state index is 5.53. The average molecular weight is 215 g/mol. The molecule has 78 valence electrons. The first-order valence-electron chi connectivity index (χ1n) is 4.52. The minimum atomic E-state index is 0.100. The van der Waals surface area contributed by atoms with Crippen LogP contribution in [0.15, 0.2) is 11.1 Å². The zero-order valence-corrected chi connectivity index (χ0v) is 8.79. The van der Waals surface area contributed by atoms with E-state index in [4.69, 9.17) is 14.6 Å². The predicted octanol–water partition coefficient (Wildman–Crippen LogP) is 0.646. The molecule has 2 N–H and O–H groups in total. The first kappa shape index (κ1) is 9.82. The number of aromatic nitrogens is 2. The third-order valence-electron chi connectivity index (χ3n) is 2.07. The Morgan fingerprint density at radius 2 is 2.71 bits per heavy atom. The lowest BCUT2D eigenvalue weighted by Gasteiger charge is -2.24. The summed E-state index contributed by atoms with van der Waals surface area (Å²) in [4.78, 5) is 0.875. The Bertz CT molecular complexity index is 316. The average Bonchev–Trinajstić information content (AvgIpc) is 2.60. The van der Waals surface area contributed by atoms with Crippen LogP contribution in [0.5, 0.6) is 5.88 Å². The number of hydrogen-bond donors (Lipinski definition) is 1. The molecule has 2 heterocycles. The summed E-state index contributed by atoms with van der Waals surface area (Å²) in [7, 11) is 0. The lowest BCUT2D eigenvalue weighted by molar-refractivity contribution is -0.00752. The Morgan fingerprint density at radius 1 is 1.86 bits per heavy atom. The maximum atomic E-state index is 5.53. The van der Waals surface area contributed by atoms with E-state index in [0.717, 1.165) is 29.3 Å². The van der Waals surface area contributed by atoms with Crippen LogP contribution in [0.2, 0.25) is 0 Å². The van der Waals surface area contributed by atoms with E-state index in [2.05, 4.69) is 5.10 Å². The molecule has 0 bridgehead atoms. The Kier molecular flexibility index (Phi) is 2.95. The molecule has 6 heteroatoms. The molecule has 1 aliphatic rings. The highest BCUT2D eigenvalue weighted by molar-refractivity contribution is 7.97. The molecule has 0 saturated heterocycles. The van der Waals surface area contributed by atoms with Crippen LogP contribution in [-0.4, -0.2) is 29.1 Å². The van der Waals surface area contributed by atoms with E-state index in [9.17, 15) is 0 Å². The summed E-state index contributed by atoms with van der Waals surface area (Å²) in [5.74, 6) is 0.758. The van der Waals surface area contributed by atoms with Crippen molar-refractivity contribution in [3.8, 4) is 5.88 Å². The van der Waals surface area contributed by atoms with Crippen molar-refractivity contribution >= 4 is 11.9 Å². The molecule has 1 atom stereocenters. The monoisotopic (exact) mass is 215 g/mol. The molecule has 0 saturated carbocycles. The molecular weight excluding hydrogens is 202 g/mol. The van der Waals surface area contributed by atoms with Crippen LogP contribution in [0.3, 0.4) is 0 Å². The van der Waals surface area contributed by atoms with Crippen molar-refractivity contribution in [3.05, 3.63) is 6.20 Å². The van der Waals surface area contributed by atoms with Crippen molar-refractivity contribution in [3.63, 3.8) is 0 Å². The van der Waals surface area contributed by atoms with Gasteiger partial charge in [0, 0.05) is 6.61 Å². The highest BCUT2D eigenvalue weighted by atomic mass is 32.2. The van der Waals surface area contributed by atoms with Gasteiger partial charge in [-0.2, -0.15) is 5.10 Å². The van der Waals surface area contributed by atoms with Crippen LogP contribution in [0, 0.1) is 0 Å². The van der Waals surface area contributed by atoms with E-state index in [1.54, 1.807) is 10.9 Å². The summed E-state index contributed by atoms with van der Waals surface area (Å²) >= 11 is 1.16. The van der Waals surface area contributed by atoms with E-state index in [-0.39, 0.29) is 6.10 Å². The van der Waals surface area contributed by atoms with Gasteiger partial charge in [-0.1, -0.05) is 0 Å². The molecule has 1 aliphatic heterocycles. The fourth-order valence-electron chi connectivity index (χ4n) is 1.47. The lowest BCUT2D eigenvalue weighted by Crippen LogP contribution is -2.32. The van der Waals surface area contributed by atoms with Gasteiger partial charge in [-0.3, -0.25) is 5.14 Å². The van der Waals surface area contributed by atoms with Gasteiger partial charge < -0.3 is 9.47 Å². The van der Waals surface area contributed by atoms with Gasteiger partial charge in [0.2, 0.25) is 5.88 Å². The van der Waals surface area contributed by atoms with Gasteiger partial charge in [-0.15, -0.1) is 0 Å². The van der Waals surface area contributed by atoms with Crippen LogP contribution in [0.25, 0.3) is 0 Å². The molecule has 1 aromatic heterocycles. The van der Waals surface area contributed by atoms with Gasteiger partial charge >= 0.3 is 0 Å². The number of ether oxygens (including phenoxy) is 2. The number of fused-ring (bicyclic) bond motifs is 1. The standard InChI is InChI=1S/C8H13N3O2S/c1-2-12-6-4-11-8(13-5-6)7(14-9)3-10-11/h3,6H,2,4-5,9H2,1H3. The summed E-state index contributed by atoms with van der Waals surface area (Å²) in [6.45, 7) is 3.99. The molecule has 0 fully saturated rings. The predicted molar refractivity (Wildman–Crippen MR) is 53.2 cm³/mol. The summed E-state index contributed by atoms with van der Waals surface area (Å²) in [6.07, 6.45) is 1.82. The fraction of sp³-hybridized carbons (Fsp3) is 0.625. The Hall–Kier alpha value is -0.720. The molecule has 0 aromatic carbocycles. The second kappa shape index (κ2) is 4.20. The van der Waals surface area contributed by atoms with Crippen LogP contribution in [0.1, 0.15) is 6.92 Å². The second-order valence-electron chi connectivity index (χ2n) is 3.00. The van der Waals surface area contributed by atoms with Gasteiger partial charge in [0.1, 0.15) is 17.6 Å². The number of nitrogens with zero attached hydrogens (tertiary/aromatic N) is 2. The van der Waals surface area contributed by atoms with Gasteiger partial charge in [0.25, 0.3) is 0 Å². The molecular formula is C8H13N3O2S. The van der Waals surface area contributed by atoms with Gasteiger partial charge in [0.05, 0.1) is 12.7 Å². The molecule has 0 aliphatic carbocycles. The first-order chi connectivity index (χ1) is 6.85. The highest BCUT2D eigenvalue weighted by Gasteiger charge is 2.23. The molecule has 14 heavy (non-hydrogen) atoms. The Balaban J connectivity index is 2.12. The lowest BCUT2D eigenvalue weighted by atomic mass is 10.3. The van der Waals surface area contributed by atoms with Gasteiger partial charge in [0.15, 0.2) is 0 Å². The minimum Gasteiger partial charge on any atom is -0.474 e. The van der Waals surface area contributed by atoms with Gasteiger partial charge in [-0.25, -0.2) is 4.68 Å². The van der Waals surface area contributed by atoms with E-state index < -0.39 is 0 Å². The van der Waals surface area contributed by atoms with Gasteiger partial charge in [-0.05, 0) is 18.9 Å². The highest BCUT2D eigenvalue weighted by Crippen LogP contribution is 2.28. The second-order valence-corrected chi connectivity index (χ2v) is 3.68. The number of hydrogen-bond acceptors (Lipinski definition) is 5. The topological polar surface area (TPSA) is 62.3 Å². The molecule has 1 aromatic rings. The summed E-state index contributed by atoms with van der Waals surface area (Å²) in [5.41, 5.74) is 0. The molecule has 1 unspecified atom stereocenters. The Labute approximate surface area is 86.7 Å². The molecule has 2 rings (SSSR count). The van der Waals surface area contributed by atoms with Crippen LogP contribution in [-0.2, 0) is 11.3 Å². The van der Waals surface area contributed by atoms with E-state index in [0.29, 0.717) is 13.2 Å². The van der Waals surface area contributed by atoms with Crippen molar-refractivity contribution in [2.75, 3.05) is 13.2 Å². The fourth-order valence-corrected chi connectivity index (χ4v) is 1.84. The molecule has 0 spiro atoms. The molecule has 0 amide bonds. The summed E-state index contributed by atoms with van der Waals surface area (Å²) < 4.78 is 12.8. The third-order valence-corrected chi connectivity index (χ3v) is 2.61. The third kappa shape index (κ3) is 1.73. The van der Waals surface area contributed by atoms with Crippen molar-refractivity contribution in [2.45, 2.75) is 24.5 Å². The normalized spacial score (nSPS) is 20.3. The van der Waals surface area contributed by atoms with Crippen LogP contribution < -0.4 is 9.88 Å². The SMILES string of the molecule is CCOC1COc2c(SN)cnn2C1. The number of rotatable bonds is 3. The smallest absolute Gasteiger partial charge is 0.227 e. The minimum absolute atomic E-state index is 0.100. The van der Waals surface area contributed by atoms with E-state index in [1.807, 2.05) is 6.92 Å². The van der Waals surface area contributed by atoms with Crippen molar-refractivity contribution in [2.24, 2.45) is 5.14 Å². The first-order valence-corrected chi connectivity index (χ1v) is 5.40. The van der Waals surface area contributed by atoms with E-state index >= 15 is 0 Å². The van der Waals surface area contributed by atoms with Crippen molar-refractivity contribution in [1.29, 1.82) is 0 Å². The summed E-state index contributed by atoms with van der Waals surface area (Å²) in [6, 6.07) is 0. The quantitative estimate of drug-likeness (QED) is 0.750.